The zero-order valence-corrected chi connectivity index (χ0v) is 16.3. The Hall–Kier alpha value is -0.613. The first-order valence-corrected chi connectivity index (χ1v) is 11.4. The second-order valence-electron chi connectivity index (χ2n) is 6.78. The van der Waals surface area contributed by atoms with Crippen molar-refractivity contribution < 1.29 is 14.0 Å². The summed E-state index contributed by atoms with van der Waals surface area (Å²) in [6.45, 7) is 13.2. The predicted octanol–water partition coefficient (Wildman–Crippen LogP) is 5.08. The maximum absolute atomic E-state index is 12.6. The Balaban J connectivity index is 3.08. The van der Waals surface area contributed by atoms with Gasteiger partial charge in [-0.05, 0) is 58.2 Å². The lowest BCUT2D eigenvalue weighted by atomic mass is 9.80. The minimum absolute atomic E-state index is 0.0215. The summed E-state index contributed by atoms with van der Waals surface area (Å²) in [6, 6.07) is 3.34. The van der Waals surface area contributed by atoms with Crippen LogP contribution in [0.2, 0.25) is 18.1 Å². The van der Waals surface area contributed by atoms with Gasteiger partial charge in [0, 0.05) is 0 Å². The van der Waals surface area contributed by atoms with Crippen molar-refractivity contribution in [1.82, 2.24) is 0 Å². The van der Waals surface area contributed by atoms with Gasteiger partial charge in [0.25, 0.3) is 0 Å². The van der Waals surface area contributed by atoms with Crippen LogP contribution in [0.15, 0.2) is 11.6 Å². The molecule has 0 heterocycles. The summed E-state index contributed by atoms with van der Waals surface area (Å²) < 4.78 is 12.1. The second-order valence-corrected chi connectivity index (χ2v) is 11.5. The maximum Gasteiger partial charge on any atom is 0.314 e. The fraction of sp³-hybridized carbons (Fsp3) is 0.833. The molecular formula is C18H34O3Si. The van der Waals surface area contributed by atoms with E-state index in [0.717, 1.165) is 37.4 Å². The fourth-order valence-corrected chi connectivity index (χ4v) is 6.28. The maximum atomic E-state index is 12.6. The van der Waals surface area contributed by atoms with Gasteiger partial charge in [0.2, 0.25) is 0 Å². The van der Waals surface area contributed by atoms with Crippen molar-refractivity contribution in [2.45, 2.75) is 85.0 Å². The van der Waals surface area contributed by atoms with Crippen LogP contribution in [0.1, 0.15) is 60.8 Å². The molecule has 0 amide bonds. The highest BCUT2D eigenvalue weighted by Crippen LogP contribution is 2.40. The van der Waals surface area contributed by atoms with Crippen molar-refractivity contribution >= 4 is 14.3 Å². The number of hydrogen-bond acceptors (Lipinski definition) is 3. The molecule has 22 heavy (non-hydrogen) atoms. The molecule has 1 aliphatic carbocycles. The monoisotopic (exact) mass is 326 g/mol. The number of carbonyl (C=O) groups is 1. The molecule has 0 saturated carbocycles. The molecule has 1 aliphatic rings. The van der Waals surface area contributed by atoms with Crippen LogP contribution in [0.3, 0.4) is 0 Å². The largest absolute Gasteiger partial charge is 0.465 e. The van der Waals surface area contributed by atoms with Gasteiger partial charge in [0.1, 0.15) is 0 Å². The Morgan fingerprint density at radius 3 is 2.36 bits per heavy atom. The minimum Gasteiger partial charge on any atom is -0.465 e. The molecule has 0 N–H and O–H groups in total. The van der Waals surface area contributed by atoms with Crippen LogP contribution >= 0.6 is 0 Å². The Morgan fingerprint density at radius 1 is 1.27 bits per heavy atom. The van der Waals surface area contributed by atoms with E-state index >= 15 is 0 Å². The Kier molecular flexibility index (Phi) is 7.33. The third-order valence-electron chi connectivity index (χ3n) is 5.45. The summed E-state index contributed by atoms with van der Waals surface area (Å²) in [5.74, 6) is -0.0999. The van der Waals surface area contributed by atoms with Crippen molar-refractivity contribution in [3.05, 3.63) is 11.6 Å². The number of ether oxygens (including phenoxy) is 1. The quantitative estimate of drug-likeness (QED) is 0.372. The molecule has 0 spiro atoms. The molecule has 0 aromatic carbocycles. The summed E-state index contributed by atoms with van der Waals surface area (Å²) in [5.41, 5.74) is 0.810. The molecule has 128 valence electrons. The van der Waals surface area contributed by atoms with E-state index in [2.05, 4.69) is 33.8 Å². The first kappa shape index (κ1) is 19.4. The summed E-state index contributed by atoms with van der Waals surface area (Å²) in [6.07, 6.45) is 4.84. The smallest absolute Gasteiger partial charge is 0.314 e. The van der Waals surface area contributed by atoms with Crippen molar-refractivity contribution in [2.75, 3.05) is 6.61 Å². The number of esters is 1. The topological polar surface area (TPSA) is 35.5 Å². The van der Waals surface area contributed by atoms with E-state index in [1.807, 2.05) is 13.8 Å². The predicted molar refractivity (Wildman–Crippen MR) is 94.4 cm³/mol. The highest BCUT2D eigenvalue weighted by atomic mass is 28.4. The average Bonchev–Trinajstić information content (AvgIpc) is 2.67. The standard InChI is InChI=1S/C18H34O3Si/c1-7-20-17(19)18(6)14-13-15(5)11-12-16(18)21-22(8-2,9-3)10-4/h13,16H,7-12,14H2,1-6H3. The molecule has 0 bridgehead atoms. The average molecular weight is 327 g/mol. The number of hydrogen-bond donors (Lipinski definition) is 0. The van der Waals surface area contributed by atoms with Gasteiger partial charge in [0.15, 0.2) is 8.32 Å². The second kappa shape index (κ2) is 8.30. The summed E-state index contributed by atoms with van der Waals surface area (Å²) in [7, 11) is -1.74. The van der Waals surface area contributed by atoms with Crippen molar-refractivity contribution in [1.29, 1.82) is 0 Å². The van der Waals surface area contributed by atoms with Gasteiger partial charge in [-0.2, -0.15) is 0 Å². The summed E-state index contributed by atoms with van der Waals surface area (Å²) in [4.78, 5) is 12.6. The van der Waals surface area contributed by atoms with Gasteiger partial charge in [0.05, 0.1) is 18.1 Å². The highest BCUT2D eigenvalue weighted by molar-refractivity contribution is 6.73. The van der Waals surface area contributed by atoms with Crippen molar-refractivity contribution in [3.63, 3.8) is 0 Å². The Morgan fingerprint density at radius 2 is 1.86 bits per heavy atom. The van der Waals surface area contributed by atoms with Gasteiger partial charge in [-0.25, -0.2) is 0 Å². The molecule has 4 heteroatoms. The van der Waals surface area contributed by atoms with Crippen LogP contribution in [0.25, 0.3) is 0 Å². The number of allylic oxidation sites excluding steroid dienone is 2. The molecule has 1 rings (SSSR count). The van der Waals surface area contributed by atoms with E-state index in [0.29, 0.717) is 6.61 Å². The first-order chi connectivity index (χ1) is 10.4. The van der Waals surface area contributed by atoms with Gasteiger partial charge >= 0.3 is 5.97 Å². The molecule has 0 saturated heterocycles. The van der Waals surface area contributed by atoms with Crippen LogP contribution in [0.4, 0.5) is 0 Å². The molecule has 2 unspecified atom stereocenters. The SMILES string of the molecule is CCOC(=O)C1(C)CC=C(C)CCC1O[Si](CC)(CC)CC. The third kappa shape index (κ3) is 4.22. The lowest BCUT2D eigenvalue weighted by Crippen LogP contribution is -2.49. The molecule has 0 aliphatic heterocycles. The Bertz CT molecular complexity index is 393. The highest BCUT2D eigenvalue weighted by Gasteiger charge is 2.46. The third-order valence-corrected chi connectivity index (χ3v) is 10.1. The molecule has 3 nitrogen and oxygen atoms in total. The van der Waals surface area contributed by atoms with Crippen LogP contribution in [0.5, 0.6) is 0 Å². The molecule has 0 aromatic rings. The van der Waals surface area contributed by atoms with Crippen molar-refractivity contribution in [3.8, 4) is 0 Å². The van der Waals surface area contributed by atoms with Gasteiger partial charge in [-0.3, -0.25) is 4.79 Å². The van der Waals surface area contributed by atoms with E-state index in [9.17, 15) is 4.79 Å². The lowest BCUT2D eigenvalue weighted by molar-refractivity contribution is -0.160. The van der Waals surface area contributed by atoms with Crippen LogP contribution < -0.4 is 0 Å². The first-order valence-electron chi connectivity index (χ1n) is 8.88. The lowest BCUT2D eigenvalue weighted by Gasteiger charge is -2.40. The van der Waals surface area contributed by atoms with E-state index in [-0.39, 0.29) is 12.1 Å². The zero-order chi connectivity index (χ0) is 16.8. The van der Waals surface area contributed by atoms with Gasteiger partial charge in [-0.1, -0.05) is 32.4 Å². The van der Waals surface area contributed by atoms with Crippen molar-refractivity contribution in [2.24, 2.45) is 5.41 Å². The van der Waals surface area contributed by atoms with Crippen LogP contribution in [-0.4, -0.2) is 27.0 Å². The zero-order valence-electron chi connectivity index (χ0n) is 15.3. The van der Waals surface area contributed by atoms with Crippen LogP contribution in [0, 0.1) is 5.41 Å². The van der Waals surface area contributed by atoms with E-state index in [4.69, 9.17) is 9.16 Å². The fourth-order valence-electron chi connectivity index (χ4n) is 3.30. The molecule has 2 atom stereocenters. The normalized spacial score (nSPS) is 26.3. The van der Waals surface area contributed by atoms with Gasteiger partial charge < -0.3 is 9.16 Å². The minimum atomic E-state index is -1.74. The number of carbonyl (C=O) groups excluding carboxylic acids is 1. The summed E-state index contributed by atoms with van der Waals surface area (Å²) in [5, 5.41) is 0. The summed E-state index contributed by atoms with van der Waals surface area (Å²) >= 11 is 0. The molecule has 0 aromatic heterocycles. The molecule has 0 fully saturated rings. The van der Waals surface area contributed by atoms with Crippen LogP contribution in [-0.2, 0) is 14.0 Å². The molecule has 0 radical (unpaired) electrons. The van der Waals surface area contributed by atoms with E-state index < -0.39 is 13.7 Å². The van der Waals surface area contributed by atoms with E-state index in [1.54, 1.807) is 0 Å². The molecular weight excluding hydrogens is 292 g/mol. The van der Waals surface area contributed by atoms with Gasteiger partial charge in [-0.15, -0.1) is 0 Å². The number of rotatable bonds is 7. The van der Waals surface area contributed by atoms with E-state index in [1.165, 1.54) is 5.57 Å². The Labute approximate surface area is 137 Å².